The molecule has 2 rings (SSSR count). The van der Waals surface area contributed by atoms with Crippen LogP contribution in [0.2, 0.25) is 0 Å². The van der Waals surface area contributed by atoms with Gasteiger partial charge >= 0.3 is 0 Å². The maximum absolute atomic E-state index is 12.0. The molecule has 1 aliphatic heterocycles. The molecular formula is C18H28N4O5S. The zero-order valence-electron chi connectivity index (χ0n) is 16.4. The topological polar surface area (TPSA) is 118 Å². The predicted octanol–water partition coefficient (Wildman–Crippen LogP) is 0.0622. The van der Waals surface area contributed by atoms with Gasteiger partial charge in [0.1, 0.15) is 0 Å². The summed E-state index contributed by atoms with van der Waals surface area (Å²) in [5.74, 6) is 1.87. The third-order valence-corrected chi connectivity index (χ3v) is 6.14. The van der Waals surface area contributed by atoms with Gasteiger partial charge in [-0.3, -0.25) is 9.79 Å². The molecule has 0 aliphatic carbocycles. The van der Waals surface area contributed by atoms with Crippen LogP contribution in [0, 0.1) is 0 Å². The van der Waals surface area contributed by atoms with Gasteiger partial charge in [0.15, 0.2) is 27.3 Å². The second-order valence-electron chi connectivity index (χ2n) is 6.46. The van der Waals surface area contributed by atoms with Crippen molar-refractivity contribution in [2.24, 2.45) is 4.99 Å². The van der Waals surface area contributed by atoms with E-state index in [0.717, 1.165) is 5.56 Å². The third-order valence-electron chi connectivity index (χ3n) is 4.37. The van der Waals surface area contributed by atoms with Gasteiger partial charge in [-0.05, 0) is 24.1 Å². The molecule has 1 saturated heterocycles. The number of rotatable bonds is 8. The maximum atomic E-state index is 12.0. The van der Waals surface area contributed by atoms with E-state index in [2.05, 4.69) is 20.9 Å². The highest BCUT2D eigenvalue weighted by Crippen LogP contribution is 2.27. The van der Waals surface area contributed by atoms with Crippen molar-refractivity contribution in [2.45, 2.75) is 25.4 Å². The average Bonchev–Trinajstić information content (AvgIpc) is 3.02. The number of methoxy groups -OCH3 is 2. The van der Waals surface area contributed by atoms with Crippen molar-refractivity contribution >= 4 is 21.7 Å². The molecule has 3 N–H and O–H groups in total. The van der Waals surface area contributed by atoms with E-state index in [1.807, 2.05) is 18.2 Å². The third kappa shape index (κ3) is 6.59. The summed E-state index contributed by atoms with van der Waals surface area (Å²) in [4.78, 5) is 16.1. The summed E-state index contributed by atoms with van der Waals surface area (Å²) in [7, 11) is 1.82. The number of hydrogen-bond donors (Lipinski definition) is 3. The molecule has 0 saturated carbocycles. The number of ether oxygens (including phenoxy) is 2. The first-order valence-electron chi connectivity index (χ1n) is 9.02. The lowest BCUT2D eigenvalue weighted by atomic mass is 10.2. The molecule has 0 aromatic heterocycles. The summed E-state index contributed by atoms with van der Waals surface area (Å²) in [5.41, 5.74) is 0.987. The Kier molecular flexibility index (Phi) is 7.91. The molecule has 28 heavy (non-hydrogen) atoms. The Balaban J connectivity index is 1.73. The van der Waals surface area contributed by atoms with Crippen molar-refractivity contribution in [1.29, 1.82) is 0 Å². The molecule has 9 nitrogen and oxygen atoms in total. The van der Waals surface area contributed by atoms with Crippen molar-refractivity contribution in [1.82, 2.24) is 16.0 Å². The minimum atomic E-state index is -3.00. The van der Waals surface area contributed by atoms with Crippen molar-refractivity contribution in [3.63, 3.8) is 0 Å². The molecular weight excluding hydrogens is 384 g/mol. The van der Waals surface area contributed by atoms with Crippen LogP contribution in [-0.2, 0) is 21.2 Å². The highest BCUT2D eigenvalue weighted by molar-refractivity contribution is 7.91. The van der Waals surface area contributed by atoms with Gasteiger partial charge < -0.3 is 25.4 Å². The van der Waals surface area contributed by atoms with E-state index in [-0.39, 0.29) is 29.9 Å². The lowest BCUT2D eigenvalue weighted by Crippen LogP contribution is -2.40. The first-order chi connectivity index (χ1) is 13.4. The van der Waals surface area contributed by atoms with E-state index >= 15 is 0 Å². The van der Waals surface area contributed by atoms with E-state index in [0.29, 0.717) is 37.0 Å². The number of amides is 1. The molecule has 0 spiro atoms. The number of carbonyl (C=O) groups is 1. The first kappa shape index (κ1) is 21.8. The Hall–Kier alpha value is -2.49. The van der Waals surface area contributed by atoms with Crippen LogP contribution in [0.1, 0.15) is 18.4 Å². The van der Waals surface area contributed by atoms with Crippen molar-refractivity contribution in [3.8, 4) is 11.5 Å². The monoisotopic (exact) mass is 412 g/mol. The summed E-state index contributed by atoms with van der Waals surface area (Å²) in [6, 6.07) is 5.35. The smallest absolute Gasteiger partial charge is 0.222 e. The fourth-order valence-electron chi connectivity index (χ4n) is 2.90. The molecule has 1 aliphatic rings. The van der Waals surface area contributed by atoms with Gasteiger partial charge in [-0.1, -0.05) is 6.07 Å². The van der Waals surface area contributed by atoms with Gasteiger partial charge in [-0.25, -0.2) is 8.42 Å². The Morgan fingerprint density at radius 3 is 2.57 bits per heavy atom. The minimum Gasteiger partial charge on any atom is -0.493 e. The SMILES string of the molecule is CN=C(NCCC(=O)NC1CCS(=O)(=O)C1)NCc1ccc(OC)c(OC)c1. The van der Waals surface area contributed by atoms with Crippen LogP contribution < -0.4 is 25.4 Å². The first-order valence-corrected chi connectivity index (χ1v) is 10.8. The highest BCUT2D eigenvalue weighted by Gasteiger charge is 2.28. The number of guanidine groups is 1. The molecule has 0 bridgehead atoms. The standard InChI is InChI=1S/C18H28N4O5S/c1-19-18(21-11-13-4-5-15(26-2)16(10-13)27-3)20-8-6-17(23)22-14-7-9-28(24,25)12-14/h4-5,10,14H,6-9,11-12H2,1-3H3,(H,22,23)(H2,19,20,21). The van der Waals surface area contributed by atoms with Gasteiger partial charge in [0, 0.05) is 32.6 Å². The Morgan fingerprint density at radius 2 is 1.96 bits per heavy atom. The Bertz CT molecular complexity index is 810. The lowest BCUT2D eigenvalue weighted by molar-refractivity contribution is -0.121. The molecule has 1 heterocycles. The van der Waals surface area contributed by atoms with Crippen molar-refractivity contribution in [3.05, 3.63) is 23.8 Å². The van der Waals surface area contributed by atoms with E-state index in [9.17, 15) is 13.2 Å². The average molecular weight is 413 g/mol. The number of benzene rings is 1. The fraction of sp³-hybridized carbons (Fsp3) is 0.556. The predicted molar refractivity (Wildman–Crippen MR) is 108 cm³/mol. The molecule has 1 aromatic carbocycles. The summed E-state index contributed by atoms with van der Waals surface area (Å²) in [6.07, 6.45) is 0.712. The highest BCUT2D eigenvalue weighted by atomic mass is 32.2. The number of sulfone groups is 1. The molecule has 1 aromatic rings. The summed E-state index contributed by atoms with van der Waals surface area (Å²) < 4.78 is 33.4. The number of carbonyl (C=O) groups excluding carboxylic acids is 1. The van der Waals surface area contributed by atoms with Crippen molar-refractivity contribution in [2.75, 3.05) is 39.3 Å². The van der Waals surface area contributed by atoms with E-state index < -0.39 is 9.84 Å². The van der Waals surface area contributed by atoms with Crippen LogP contribution in [0.5, 0.6) is 11.5 Å². The van der Waals surface area contributed by atoms with Crippen LogP contribution in [0.15, 0.2) is 23.2 Å². The van der Waals surface area contributed by atoms with Crippen LogP contribution in [0.4, 0.5) is 0 Å². The van der Waals surface area contributed by atoms with E-state index in [1.165, 1.54) is 0 Å². The number of hydrogen-bond acceptors (Lipinski definition) is 6. The minimum absolute atomic E-state index is 0.0285. The second-order valence-corrected chi connectivity index (χ2v) is 8.69. The molecule has 1 unspecified atom stereocenters. The molecule has 1 amide bonds. The molecule has 10 heteroatoms. The maximum Gasteiger partial charge on any atom is 0.222 e. The van der Waals surface area contributed by atoms with Crippen molar-refractivity contribution < 1.29 is 22.7 Å². The summed E-state index contributed by atoms with van der Waals surface area (Å²) in [5, 5.41) is 8.99. The molecule has 1 fully saturated rings. The number of aliphatic imine (C=N–C) groups is 1. The van der Waals surface area contributed by atoms with Crippen LogP contribution in [0.25, 0.3) is 0 Å². The normalized spacial score (nSPS) is 18.4. The fourth-order valence-corrected chi connectivity index (χ4v) is 4.57. The second kappa shape index (κ2) is 10.2. The van der Waals surface area contributed by atoms with E-state index in [4.69, 9.17) is 9.47 Å². The van der Waals surface area contributed by atoms with Gasteiger partial charge in [-0.2, -0.15) is 0 Å². The number of nitrogens with zero attached hydrogens (tertiary/aromatic N) is 1. The van der Waals surface area contributed by atoms with Gasteiger partial charge in [0.2, 0.25) is 5.91 Å². The quantitative estimate of drug-likeness (QED) is 0.408. The Labute approximate surface area is 165 Å². The zero-order chi connectivity index (χ0) is 20.6. The van der Waals surface area contributed by atoms with Gasteiger partial charge in [0.05, 0.1) is 25.7 Å². The largest absolute Gasteiger partial charge is 0.493 e. The van der Waals surface area contributed by atoms with Gasteiger partial charge in [-0.15, -0.1) is 0 Å². The number of nitrogens with one attached hydrogen (secondary N) is 3. The lowest BCUT2D eigenvalue weighted by Gasteiger charge is -2.14. The van der Waals surface area contributed by atoms with Crippen LogP contribution in [-0.4, -0.2) is 65.6 Å². The summed E-state index contributed by atoms with van der Waals surface area (Å²) >= 11 is 0. The van der Waals surface area contributed by atoms with E-state index in [1.54, 1.807) is 21.3 Å². The van der Waals surface area contributed by atoms with Gasteiger partial charge in [0.25, 0.3) is 0 Å². The van der Waals surface area contributed by atoms with Crippen LogP contribution in [0.3, 0.4) is 0 Å². The molecule has 156 valence electrons. The zero-order valence-corrected chi connectivity index (χ0v) is 17.3. The molecule has 1 atom stereocenters. The molecule has 0 radical (unpaired) electrons. The Morgan fingerprint density at radius 1 is 1.21 bits per heavy atom. The summed E-state index contributed by atoms with van der Waals surface area (Å²) in [6.45, 7) is 0.906. The van der Waals surface area contributed by atoms with Crippen LogP contribution >= 0.6 is 0 Å².